The normalized spacial score (nSPS) is 10.8. The second-order valence-electron chi connectivity index (χ2n) is 6.74. The standard InChI is InChI=1S/C23H18BrN3O2/c1-14-6-8-15(9-7-14)23(29)27-19-5-3-2-4-18(19)20(21(27)25)22(28)26-17-12-10-16(24)11-13-17/h2-13H,25H2,1H3,(H,26,28). The van der Waals surface area contributed by atoms with E-state index < -0.39 is 0 Å². The second kappa shape index (κ2) is 7.56. The van der Waals surface area contributed by atoms with Gasteiger partial charge in [-0.05, 0) is 49.4 Å². The molecular weight excluding hydrogens is 430 g/mol. The number of aryl methyl sites for hydroxylation is 1. The molecule has 0 fully saturated rings. The van der Waals surface area contributed by atoms with Crippen molar-refractivity contribution in [2.45, 2.75) is 6.92 Å². The summed E-state index contributed by atoms with van der Waals surface area (Å²) < 4.78 is 2.31. The maximum absolute atomic E-state index is 13.2. The summed E-state index contributed by atoms with van der Waals surface area (Å²) in [5.41, 5.74) is 9.41. The first-order valence-electron chi connectivity index (χ1n) is 9.03. The Morgan fingerprint density at radius 3 is 2.28 bits per heavy atom. The van der Waals surface area contributed by atoms with Crippen molar-refractivity contribution in [1.29, 1.82) is 0 Å². The molecule has 0 atom stereocenters. The average Bonchev–Trinajstić information content (AvgIpc) is 3.01. The van der Waals surface area contributed by atoms with E-state index in [2.05, 4.69) is 21.2 Å². The highest BCUT2D eigenvalue weighted by Crippen LogP contribution is 2.30. The number of hydrogen-bond acceptors (Lipinski definition) is 3. The van der Waals surface area contributed by atoms with Crippen LogP contribution >= 0.6 is 15.9 Å². The molecule has 0 aliphatic carbocycles. The number of hydrogen-bond donors (Lipinski definition) is 2. The van der Waals surface area contributed by atoms with Gasteiger partial charge in [0, 0.05) is 21.1 Å². The lowest BCUT2D eigenvalue weighted by atomic mass is 10.1. The molecule has 1 aromatic heterocycles. The van der Waals surface area contributed by atoms with Gasteiger partial charge in [0.05, 0.1) is 11.1 Å². The van der Waals surface area contributed by atoms with Crippen LogP contribution in [0.25, 0.3) is 10.9 Å². The van der Waals surface area contributed by atoms with E-state index in [-0.39, 0.29) is 23.2 Å². The summed E-state index contributed by atoms with van der Waals surface area (Å²) in [6.07, 6.45) is 0. The molecule has 1 heterocycles. The number of para-hydroxylation sites is 1. The van der Waals surface area contributed by atoms with Gasteiger partial charge >= 0.3 is 0 Å². The zero-order valence-electron chi connectivity index (χ0n) is 15.6. The summed E-state index contributed by atoms with van der Waals surface area (Å²) in [6.45, 7) is 1.96. The predicted molar refractivity (Wildman–Crippen MR) is 119 cm³/mol. The maximum Gasteiger partial charge on any atom is 0.263 e. The lowest BCUT2D eigenvalue weighted by Gasteiger charge is -2.08. The van der Waals surface area contributed by atoms with E-state index in [4.69, 9.17) is 5.73 Å². The van der Waals surface area contributed by atoms with Gasteiger partial charge in [-0.3, -0.25) is 14.2 Å². The number of fused-ring (bicyclic) bond motifs is 1. The smallest absolute Gasteiger partial charge is 0.263 e. The number of carbonyl (C=O) groups excluding carboxylic acids is 2. The highest BCUT2D eigenvalue weighted by atomic mass is 79.9. The summed E-state index contributed by atoms with van der Waals surface area (Å²) in [5, 5.41) is 3.48. The Kier molecular flexibility index (Phi) is 4.94. The van der Waals surface area contributed by atoms with E-state index in [0.29, 0.717) is 22.2 Å². The Bertz CT molecular complexity index is 1230. The minimum absolute atomic E-state index is 0.117. The number of nitrogens with one attached hydrogen (secondary N) is 1. The van der Waals surface area contributed by atoms with Gasteiger partial charge in [0.25, 0.3) is 11.8 Å². The van der Waals surface area contributed by atoms with Crippen LogP contribution in [0.4, 0.5) is 11.5 Å². The van der Waals surface area contributed by atoms with Gasteiger partial charge in [-0.15, -0.1) is 0 Å². The van der Waals surface area contributed by atoms with Gasteiger partial charge in [-0.1, -0.05) is 51.8 Å². The van der Waals surface area contributed by atoms with E-state index in [1.165, 1.54) is 4.57 Å². The monoisotopic (exact) mass is 447 g/mol. The van der Waals surface area contributed by atoms with Gasteiger partial charge in [-0.2, -0.15) is 0 Å². The SMILES string of the molecule is Cc1ccc(C(=O)n2c(N)c(C(=O)Nc3ccc(Br)cc3)c3ccccc32)cc1. The Labute approximate surface area is 176 Å². The Morgan fingerprint density at radius 1 is 0.931 bits per heavy atom. The van der Waals surface area contributed by atoms with Crippen LogP contribution in [0.2, 0.25) is 0 Å². The topological polar surface area (TPSA) is 77.1 Å². The fourth-order valence-corrected chi connectivity index (χ4v) is 3.53. The van der Waals surface area contributed by atoms with Crippen LogP contribution in [0.1, 0.15) is 26.3 Å². The number of nitrogens with zero attached hydrogens (tertiary/aromatic N) is 1. The fourth-order valence-electron chi connectivity index (χ4n) is 3.27. The summed E-state index contributed by atoms with van der Waals surface area (Å²) in [5.74, 6) is -0.524. The van der Waals surface area contributed by atoms with Crippen LogP contribution < -0.4 is 11.1 Å². The molecule has 0 bridgehead atoms. The number of benzene rings is 3. The van der Waals surface area contributed by atoms with Crippen LogP contribution in [0, 0.1) is 6.92 Å². The third-order valence-electron chi connectivity index (χ3n) is 4.74. The zero-order chi connectivity index (χ0) is 20.5. The summed E-state index contributed by atoms with van der Waals surface area (Å²) >= 11 is 3.37. The lowest BCUT2D eigenvalue weighted by Crippen LogP contribution is -2.18. The highest BCUT2D eigenvalue weighted by molar-refractivity contribution is 9.10. The zero-order valence-corrected chi connectivity index (χ0v) is 17.2. The third-order valence-corrected chi connectivity index (χ3v) is 5.27. The molecule has 0 spiro atoms. The van der Waals surface area contributed by atoms with Crippen LogP contribution in [-0.2, 0) is 0 Å². The molecule has 29 heavy (non-hydrogen) atoms. The van der Waals surface area contributed by atoms with Crippen molar-refractivity contribution in [3.8, 4) is 0 Å². The van der Waals surface area contributed by atoms with E-state index >= 15 is 0 Å². The number of carbonyl (C=O) groups is 2. The molecule has 0 saturated carbocycles. The van der Waals surface area contributed by atoms with Crippen molar-refractivity contribution in [3.63, 3.8) is 0 Å². The number of aromatic nitrogens is 1. The number of nitrogen functional groups attached to an aromatic ring is 1. The van der Waals surface area contributed by atoms with Crippen molar-refractivity contribution in [3.05, 3.63) is 94.0 Å². The first-order chi connectivity index (χ1) is 14.0. The third kappa shape index (κ3) is 3.54. The summed E-state index contributed by atoms with van der Waals surface area (Å²) in [7, 11) is 0. The first-order valence-corrected chi connectivity index (χ1v) is 9.82. The van der Waals surface area contributed by atoms with Gasteiger partial charge in [-0.25, -0.2) is 0 Å². The first kappa shape index (κ1) is 19.0. The largest absolute Gasteiger partial charge is 0.384 e. The Hall–Kier alpha value is -3.38. The molecule has 3 N–H and O–H groups in total. The fraction of sp³-hybridized carbons (Fsp3) is 0.0435. The minimum atomic E-state index is -0.364. The molecule has 0 saturated heterocycles. The molecule has 0 radical (unpaired) electrons. The predicted octanol–water partition coefficient (Wildman–Crippen LogP) is 5.24. The van der Waals surface area contributed by atoms with Crippen molar-refractivity contribution in [1.82, 2.24) is 4.57 Å². The van der Waals surface area contributed by atoms with Crippen LogP contribution in [0.5, 0.6) is 0 Å². The highest BCUT2D eigenvalue weighted by Gasteiger charge is 2.24. The number of rotatable bonds is 3. The Balaban J connectivity index is 1.80. The number of amides is 1. The molecule has 0 aliphatic rings. The van der Waals surface area contributed by atoms with Crippen LogP contribution in [0.15, 0.2) is 77.3 Å². The van der Waals surface area contributed by atoms with Crippen molar-refractivity contribution in [2.75, 3.05) is 11.1 Å². The molecule has 0 aliphatic heterocycles. The molecule has 3 aromatic carbocycles. The molecule has 4 aromatic rings. The number of nitrogens with two attached hydrogens (primary N) is 1. The van der Waals surface area contributed by atoms with Crippen molar-refractivity contribution >= 4 is 50.2 Å². The van der Waals surface area contributed by atoms with Crippen LogP contribution in [-0.4, -0.2) is 16.4 Å². The van der Waals surface area contributed by atoms with E-state index in [0.717, 1.165) is 10.0 Å². The van der Waals surface area contributed by atoms with Gasteiger partial charge in [0.15, 0.2) is 0 Å². The number of halogens is 1. The summed E-state index contributed by atoms with van der Waals surface area (Å²) in [6, 6.07) is 21.7. The minimum Gasteiger partial charge on any atom is -0.384 e. The van der Waals surface area contributed by atoms with Gasteiger partial charge in [0.1, 0.15) is 5.82 Å². The van der Waals surface area contributed by atoms with E-state index in [1.54, 1.807) is 36.4 Å². The van der Waals surface area contributed by atoms with Crippen LogP contribution in [0.3, 0.4) is 0 Å². The van der Waals surface area contributed by atoms with E-state index in [9.17, 15) is 9.59 Å². The Morgan fingerprint density at radius 2 is 1.59 bits per heavy atom. The van der Waals surface area contributed by atoms with E-state index in [1.807, 2.05) is 43.3 Å². The molecule has 144 valence electrons. The average molecular weight is 448 g/mol. The van der Waals surface area contributed by atoms with Crippen molar-refractivity contribution in [2.24, 2.45) is 0 Å². The molecule has 5 nitrogen and oxygen atoms in total. The second-order valence-corrected chi connectivity index (χ2v) is 7.66. The molecule has 0 unspecified atom stereocenters. The van der Waals surface area contributed by atoms with Crippen molar-refractivity contribution < 1.29 is 9.59 Å². The molecule has 6 heteroatoms. The quantitative estimate of drug-likeness (QED) is 0.450. The maximum atomic E-state index is 13.2. The lowest BCUT2D eigenvalue weighted by molar-refractivity contribution is 0.0967. The summed E-state index contributed by atoms with van der Waals surface area (Å²) in [4.78, 5) is 26.2. The van der Waals surface area contributed by atoms with Gasteiger partial charge in [0.2, 0.25) is 0 Å². The number of anilines is 2. The molecular formula is C23H18BrN3O2. The van der Waals surface area contributed by atoms with Gasteiger partial charge < -0.3 is 11.1 Å². The molecule has 1 amide bonds. The molecule has 4 rings (SSSR count).